The van der Waals surface area contributed by atoms with Gasteiger partial charge in [0.1, 0.15) is 5.60 Å². The van der Waals surface area contributed by atoms with E-state index in [2.05, 4.69) is 0 Å². The Morgan fingerprint density at radius 2 is 1.64 bits per heavy atom. The van der Waals surface area contributed by atoms with Crippen molar-refractivity contribution in [2.75, 3.05) is 0 Å². The fourth-order valence-electron chi connectivity index (χ4n) is 1.57. The topological polar surface area (TPSA) is 66.8 Å². The predicted octanol–water partition coefficient (Wildman–Crippen LogP) is 0.460. The quantitative estimate of drug-likeness (QED) is 0.606. The molecule has 0 amide bonds. The lowest BCUT2D eigenvalue weighted by atomic mass is 10.1. The minimum atomic E-state index is -0.785. The van der Waals surface area contributed by atoms with E-state index < -0.39 is 17.8 Å². The van der Waals surface area contributed by atoms with Crippen molar-refractivity contribution in [2.24, 2.45) is 5.92 Å². The molecule has 0 aromatic heterocycles. The fraction of sp³-hybridized carbons (Fsp3) is 0.900. The Morgan fingerprint density at radius 3 is 2.00 bits per heavy atom. The lowest BCUT2D eigenvalue weighted by Crippen LogP contribution is -2.28. The molecular formula is C10H18O4. The lowest BCUT2D eigenvalue weighted by molar-refractivity contribution is -0.160. The Hall–Kier alpha value is -0.610. The number of aliphatic hydroxyl groups excluding tert-OH is 2. The molecule has 2 unspecified atom stereocenters. The maximum atomic E-state index is 11.5. The molecule has 1 fully saturated rings. The first kappa shape index (κ1) is 11.5. The maximum absolute atomic E-state index is 11.5. The molecule has 0 aromatic carbocycles. The van der Waals surface area contributed by atoms with Gasteiger partial charge in [-0.3, -0.25) is 4.79 Å². The molecule has 0 aromatic rings. The van der Waals surface area contributed by atoms with Crippen LogP contribution >= 0.6 is 0 Å². The smallest absolute Gasteiger partial charge is 0.309 e. The maximum Gasteiger partial charge on any atom is 0.309 e. The van der Waals surface area contributed by atoms with Gasteiger partial charge in [0.15, 0.2) is 0 Å². The van der Waals surface area contributed by atoms with Crippen LogP contribution in [-0.2, 0) is 9.53 Å². The van der Waals surface area contributed by atoms with E-state index in [1.54, 1.807) is 20.8 Å². The number of rotatable bonds is 1. The van der Waals surface area contributed by atoms with E-state index in [1.165, 1.54) is 0 Å². The molecule has 4 heteroatoms. The van der Waals surface area contributed by atoms with Crippen LogP contribution in [0.5, 0.6) is 0 Å². The summed E-state index contributed by atoms with van der Waals surface area (Å²) in [6, 6.07) is 0. The van der Waals surface area contributed by atoms with Gasteiger partial charge in [-0.05, 0) is 33.6 Å². The standard InChI is InChI=1S/C10H18O4/c1-10(2,3)14-9(13)6-4-7(11)8(12)5-6/h6-8,11-12H,4-5H2,1-3H3. The van der Waals surface area contributed by atoms with Crippen LogP contribution in [0.2, 0.25) is 0 Å². The number of ether oxygens (including phenoxy) is 1. The monoisotopic (exact) mass is 202 g/mol. The van der Waals surface area contributed by atoms with Crippen LogP contribution in [0, 0.1) is 5.92 Å². The van der Waals surface area contributed by atoms with Gasteiger partial charge >= 0.3 is 5.97 Å². The number of esters is 1. The van der Waals surface area contributed by atoms with Crippen LogP contribution in [0.4, 0.5) is 0 Å². The second-order valence-corrected chi connectivity index (χ2v) is 4.84. The number of hydrogen-bond acceptors (Lipinski definition) is 4. The highest BCUT2D eigenvalue weighted by molar-refractivity contribution is 5.73. The summed E-state index contributed by atoms with van der Waals surface area (Å²) in [5.74, 6) is -0.688. The largest absolute Gasteiger partial charge is 0.460 e. The molecule has 1 rings (SSSR count). The van der Waals surface area contributed by atoms with Crippen molar-refractivity contribution in [1.29, 1.82) is 0 Å². The summed E-state index contributed by atoms with van der Waals surface area (Å²) in [5.41, 5.74) is -0.504. The molecule has 2 N–H and O–H groups in total. The van der Waals surface area contributed by atoms with E-state index in [0.717, 1.165) is 0 Å². The van der Waals surface area contributed by atoms with Crippen LogP contribution < -0.4 is 0 Å². The van der Waals surface area contributed by atoms with Crippen LogP contribution in [0.25, 0.3) is 0 Å². The summed E-state index contributed by atoms with van der Waals surface area (Å²) < 4.78 is 5.16. The number of aliphatic hydroxyl groups is 2. The molecule has 0 saturated heterocycles. The van der Waals surface area contributed by atoms with Gasteiger partial charge in [-0.15, -0.1) is 0 Å². The highest BCUT2D eigenvalue weighted by Gasteiger charge is 2.37. The van der Waals surface area contributed by atoms with Crippen molar-refractivity contribution in [3.8, 4) is 0 Å². The Balaban J connectivity index is 2.48. The number of carbonyl (C=O) groups is 1. The molecule has 1 aliphatic rings. The summed E-state index contributed by atoms with van der Waals surface area (Å²) >= 11 is 0. The van der Waals surface area contributed by atoms with Crippen LogP contribution in [-0.4, -0.2) is 34.0 Å². The summed E-state index contributed by atoms with van der Waals surface area (Å²) in [4.78, 5) is 11.5. The van der Waals surface area contributed by atoms with Gasteiger partial charge in [0, 0.05) is 0 Å². The van der Waals surface area contributed by atoms with Gasteiger partial charge in [0.2, 0.25) is 0 Å². The third-order valence-corrected chi connectivity index (χ3v) is 2.24. The first-order chi connectivity index (χ1) is 6.29. The first-order valence-electron chi connectivity index (χ1n) is 4.88. The zero-order chi connectivity index (χ0) is 10.9. The minimum absolute atomic E-state index is 0.302. The van der Waals surface area contributed by atoms with Crippen molar-refractivity contribution in [1.82, 2.24) is 0 Å². The summed E-state index contributed by atoms with van der Waals surface area (Å²) in [7, 11) is 0. The van der Waals surface area contributed by atoms with Crippen LogP contribution in [0.3, 0.4) is 0 Å². The highest BCUT2D eigenvalue weighted by Crippen LogP contribution is 2.28. The van der Waals surface area contributed by atoms with E-state index in [1.807, 2.05) is 0 Å². The predicted molar refractivity (Wildman–Crippen MR) is 50.6 cm³/mol. The molecule has 0 spiro atoms. The van der Waals surface area contributed by atoms with Gasteiger partial charge in [-0.25, -0.2) is 0 Å². The van der Waals surface area contributed by atoms with Gasteiger partial charge in [-0.1, -0.05) is 0 Å². The SMILES string of the molecule is CC(C)(C)OC(=O)C1CC(O)C(O)C1. The van der Waals surface area contributed by atoms with Gasteiger partial charge < -0.3 is 14.9 Å². The third kappa shape index (κ3) is 2.96. The van der Waals surface area contributed by atoms with Crippen LogP contribution in [0.15, 0.2) is 0 Å². The van der Waals surface area contributed by atoms with E-state index in [4.69, 9.17) is 4.74 Å². The van der Waals surface area contributed by atoms with Crippen molar-refractivity contribution < 1.29 is 19.7 Å². The third-order valence-electron chi connectivity index (χ3n) is 2.24. The van der Waals surface area contributed by atoms with Gasteiger partial charge in [0.25, 0.3) is 0 Å². The normalized spacial score (nSPS) is 33.1. The van der Waals surface area contributed by atoms with E-state index in [0.29, 0.717) is 12.8 Å². The number of hydrogen-bond donors (Lipinski definition) is 2. The summed E-state index contributed by atoms with van der Waals surface area (Å²) in [6.07, 6.45) is -0.966. The van der Waals surface area contributed by atoms with Crippen molar-refractivity contribution >= 4 is 5.97 Å². The summed E-state index contributed by atoms with van der Waals surface area (Å²) in [6.45, 7) is 5.39. The molecular weight excluding hydrogens is 184 g/mol. The zero-order valence-electron chi connectivity index (χ0n) is 8.86. The van der Waals surface area contributed by atoms with E-state index in [-0.39, 0.29) is 11.9 Å². The second-order valence-electron chi connectivity index (χ2n) is 4.84. The van der Waals surface area contributed by atoms with Crippen molar-refractivity contribution in [3.05, 3.63) is 0 Å². The Kier molecular flexibility index (Phi) is 3.17. The molecule has 2 atom stereocenters. The zero-order valence-corrected chi connectivity index (χ0v) is 8.86. The van der Waals surface area contributed by atoms with Crippen molar-refractivity contribution in [2.45, 2.75) is 51.4 Å². The molecule has 82 valence electrons. The molecule has 14 heavy (non-hydrogen) atoms. The molecule has 4 nitrogen and oxygen atoms in total. The molecule has 1 saturated carbocycles. The molecule has 0 bridgehead atoms. The van der Waals surface area contributed by atoms with E-state index >= 15 is 0 Å². The highest BCUT2D eigenvalue weighted by atomic mass is 16.6. The Morgan fingerprint density at radius 1 is 1.21 bits per heavy atom. The average Bonchev–Trinajstić information content (AvgIpc) is 2.28. The molecule has 1 aliphatic carbocycles. The Labute approximate surface area is 83.9 Å². The van der Waals surface area contributed by atoms with Crippen molar-refractivity contribution in [3.63, 3.8) is 0 Å². The van der Waals surface area contributed by atoms with E-state index in [9.17, 15) is 15.0 Å². The van der Waals surface area contributed by atoms with Crippen LogP contribution in [0.1, 0.15) is 33.6 Å². The molecule has 0 aliphatic heterocycles. The van der Waals surface area contributed by atoms with Gasteiger partial charge in [0.05, 0.1) is 18.1 Å². The number of carbonyl (C=O) groups excluding carboxylic acids is 1. The summed E-state index contributed by atoms with van der Waals surface area (Å²) in [5, 5.41) is 18.5. The minimum Gasteiger partial charge on any atom is -0.460 e. The second kappa shape index (κ2) is 3.87. The lowest BCUT2D eigenvalue weighted by Gasteiger charge is -2.21. The molecule has 0 heterocycles. The molecule has 0 radical (unpaired) electrons. The first-order valence-corrected chi connectivity index (χ1v) is 4.88. The Bertz CT molecular complexity index is 209. The fourth-order valence-corrected chi connectivity index (χ4v) is 1.57. The van der Waals surface area contributed by atoms with Gasteiger partial charge in [-0.2, -0.15) is 0 Å². The average molecular weight is 202 g/mol.